The van der Waals surface area contributed by atoms with Crippen molar-refractivity contribution in [3.05, 3.63) is 63.9 Å². The number of nitrogens with one attached hydrogen (secondary N) is 2. The van der Waals surface area contributed by atoms with E-state index in [1.54, 1.807) is 24.4 Å². The molecule has 1 aromatic heterocycles. The fourth-order valence-electron chi connectivity index (χ4n) is 3.20. The van der Waals surface area contributed by atoms with Gasteiger partial charge in [0, 0.05) is 31.9 Å². The summed E-state index contributed by atoms with van der Waals surface area (Å²) in [6.07, 6.45) is -1.17. The molecule has 0 aliphatic carbocycles. The zero-order valence-electron chi connectivity index (χ0n) is 14.6. The van der Waals surface area contributed by atoms with Crippen LogP contribution in [0.3, 0.4) is 0 Å². The SMILES string of the molecule is O=C(NC1CCN(Cc2cccc(C(F)(F)F)c2)CC1)c1ccc[nH]c1=S. The minimum Gasteiger partial charge on any atom is -0.352 e. The molecule has 1 aliphatic heterocycles. The normalized spacial score (nSPS) is 16.3. The molecule has 1 aromatic carbocycles. The summed E-state index contributed by atoms with van der Waals surface area (Å²) in [6, 6.07) is 8.86. The molecule has 1 aliphatic rings. The molecule has 1 fully saturated rings. The molecule has 2 heterocycles. The summed E-state index contributed by atoms with van der Waals surface area (Å²) in [7, 11) is 0. The second-order valence-corrected chi connectivity index (χ2v) is 7.04. The predicted octanol–water partition coefficient (Wildman–Crippen LogP) is 4.16. The first-order valence-corrected chi connectivity index (χ1v) is 9.11. The molecule has 4 nitrogen and oxygen atoms in total. The molecule has 0 radical (unpaired) electrons. The number of amides is 1. The van der Waals surface area contributed by atoms with Gasteiger partial charge in [-0.2, -0.15) is 13.2 Å². The molecule has 0 atom stereocenters. The maximum Gasteiger partial charge on any atom is 0.416 e. The Morgan fingerprint density at radius 2 is 1.96 bits per heavy atom. The Bertz CT molecular complexity index is 858. The first kappa shape index (κ1) is 19.6. The Labute approximate surface area is 160 Å². The molecular weight excluding hydrogens is 375 g/mol. The van der Waals surface area contributed by atoms with Crippen LogP contribution in [0.5, 0.6) is 0 Å². The van der Waals surface area contributed by atoms with Gasteiger partial charge in [-0.3, -0.25) is 9.69 Å². The molecule has 0 spiro atoms. The Balaban J connectivity index is 1.53. The molecule has 27 heavy (non-hydrogen) atoms. The second-order valence-electron chi connectivity index (χ2n) is 6.63. The van der Waals surface area contributed by atoms with E-state index < -0.39 is 11.7 Å². The Kier molecular flexibility index (Phi) is 5.96. The lowest BCUT2D eigenvalue weighted by Crippen LogP contribution is -2.44. The van der Waals surface area contributed by atoms with Gasteiger partial charge in [-0.15, -0.1) is 0 Å². The van der Waals surface area contributed by atoms with Crippen LogP contribution in [0.1, 0.15) is 34.3 Å². The number of aromatic amines is 1. The van der Waals surface area contributed by atoms with E-state index in [4.69, 9.17) is 12.2 Å². The number of hydrogen-bond donors (Lipinski definition) is 2. The highest BCUT2D eigenvalue weighted by molar-refractivity contribution is 7.71. The fourth-order valence-corrected chi connectivity index (χ4v) is 3.43. The zero-order valence-corrected chi connectivity index (χ0v) is 15.4. The number of aromatic nitrogens is 1. The van der Waals surface area contributed by atoms with Crippen LogP contribution in [-0.2, 0) is 12.7 Å². The average molecular weight is 395 g/mol. The van der Waals surface area contributed by atoms with Crippen molar-refractivity contribution in [1.82, 2.24) is 15.2 Å². The smallest absolute Gasteiger partial charge is 0.352 e. The number of rotatable bonds is 4. The summed E-state index contributed by atoms with van der Waals surface area (Å²) in [4.78, 5) is 17.3. The number of benzene rings is 1. The minimum atomic E-state index is -4.33. The molecule has 1 amide bonds. The van der Waals surface area contributed by atoms with Crippen LogP contribution in [-0.4, -0.2) is 34.9 Å². The zero-order chi connectivity index (χ0) is 19.4. The fraction of sp³-hybridized carbons (Fsp3) is 0.368. The van der Waals surface area contributed by atoms with E-state index >= 15 is 0 Å². The second kappa shape index (κ2) is 8.22. The van der Waals surface area contributed by atoms with Crippen LogP contribution in [0.25, 0.3) is 0 Å². The average Bonchev–Trinajstić information content (AvgIpc) is 2.63. The van der Waals surface area contributed by atoms with Crippen molar-refractivity contribution >= 4 is 18.1 Å². The number of carbonyl (C=O) groups excluding carboxylic acids is 1. The first-order chi connectivity index (χ1) is 12.8. The summed E-state index contributed by atoms with van der Waals surface area (Å²) >= 11 is 5.12. The van der Waals surface area contributed by atoms with Gasteiger partial charge in [-0.25, -0.2) is 0 Å². The van der Waals surface area contributed by atoms with Crippen LogP contribution in [0.15, 0.2) is 42.6 Å². The quantitative estimate of drug-likeness (QED) is 0.765. The molecule has 2 N–H and O–H groups in total. The number of carbonyl (C=O) groups is 1. The van der Waals surface area contributed by atoms with Crippen molar-refractivity contribution in [3.8, 4) is 0 Å². The third-order valence-electron chi connectivity index (χ3n) is 4.65. The number of piperidine rings is 1. The topological polar surface area (TPSA) is 48.1 Å². The van der Waals surface area contributed by atoms with Gasteiger partial charge in [0.25, 0.3) is 5.91 Å². The van der Waals surface area contributed by atoms with Crippen molar-refractivity contribution in [1.29, 1.82) is 0 Å². The Morgan fingerprint density at radius 3 is 2.63 bits per heavy atom. The van der Waals surface area contributed by atoms with E-state index in [-0.39, 0.29) is 11.9 Å². The van der Waals surface area contributed by atoms with Crippen LogP contribution >= 0.6 is 12.2 Å². The number of alkyl halides is 3. The maximum absolute atomic E-state index is 12.8. The summed E-state index contributed by atoms with van der Waals surface area (Å²) in [5.74, 6) is -0.201. The van der Waals surface area contributed by atoms with Crippen molar-refractivity contribution in [3.63, 3.8) is 0 Å². The number of nitrogens with zero attached hydrogens (tertiary/aromatic N) is 1. The molecule has 144 valence electrons. The summed E-state index contributed by atoms with van der Waals surface area (Å²) in [5.41, 5.74) is 0.461. The lowest BCUT2D eigenvalue weighted by atomic mass is 10.0. The van der Waals surface area contributed by atoms with Crippen LogP contribution in [0.4, 0.5) is 13.2 Å². The molecule has 2 aromatic rings. The molecule has 8 heteroatoms. The molecule has 0 bridgehead atoms. The van der Waals surface area contributed by atoms with Crippen LogP contribution in [0.2, 0.25) is 0 Å². The van der Waals surface area contributed by atoms with E-state index in [9.17, 15) is 18.0 Å². The third-order valence-corrected chi connectivity index (χ3v) is 4.98. The molecule has 1 saturated heterocycles. The van der Waals surface area contributed by atoms with Gasteiger partial charge in [0.1, 0.15) is 4.64 Å². The van der Waals surface area contributed by atoms with Crippen LogP contribution in [0, 0.1) is 4.64 Å². The van der Waals surface area contributed by atoms with E-state index in [0.29, 0.717) is 35.4 Å². The number of halogens is 3. The van der Waals surface area contributed by atoms with Crippen molar-refractivity contribution in [2.45, 2.75) is 31.6 Å². The highest BCUT2D eigenvalue weighted by Gasteiger charge is 2.30. The van der Waals surface area contributed by atoms with Gasteiger partial charge < -0.3 is 10.3 Å². The first-order valence-electron chi connectivity index (χ1n) is 8.70. The van der Waals surface area contributed by atoms with E-state index in [1.165, 1.54) is 12.1 Å². The lowest BCUT2D eigenvalue weighted by Gasteiger charge is -2.32. The summed E-state index contributed by atoms with van der Waals surface area (Å²) < 4.78 is 38.9. The third kappa shape index (κ3) is 5.17. The predicted molar refractivity (Wildman–Crippen MR) is 98.8 cm³/mol. The van der Waals surface area contributed by atoms with Gasteiger partial charge in [0.15, 0.2) is 0 Å². The van der Waals surface area contributed by atoms with E-state index in [2.05, 4.69) is 15.2 Å². The molecular formula is C19H20F3N3OS. The maximum atomic E-state index is 12.8. The van der Waals surface area contributed by atoms with E-state index in [0.717, 1.165) is 18.9 Å². The number of likely N-dealkylation sites (tertiary alicyclic amines) is 1. The minimum absolute atomic E-state index is 0.0323. The Morgan fingerprint density at radius 1 is 1.22 bits per heavy atom. The standard InChI is InChI=1S/C19H20F3N3OS/c20-19(21,22)14-4-1-3-13(11-14)12-25-9-6-15(7-10-25)24-17(26)16-5-2-8-23-18(16)27/h1-5,8,11,15H,6-7,9-10,12H2,(H,23,27)(H,24,26). The number of pyridine rings is 1. The summed E-state index contributed by atoms with van der Waals surface area (Å²) in [5, 5.41) is 2.99. The molecule has 0 unspecified atom stereocenters. The van der Waals surface area contributed by atoms with Gasteiger partial charge in [-0.1, -0.05) is 30.4 Å². The van der Waals surface area contributed by atoms with E-state index in [1.807, 2.05) is 0 Å². The molecule has 3 rings (SSSR count). The summed E-state index contributed by atoms with van der Waals surface area (Å²) in [6.45, 7) is 1.89. The lowest BCUT2D eigenvalue weighted by molar-refractivity contribution is -0.137. The number of hydrogen-bond acceptors (Lipinski definition) is 3. The Hall–Kier alpha value is -2.19. The van der Waals surface area contributed by atoms with Gasteiger partial charge in [0.2, 0.25) is 0 Å². The van der Waals surface area contributed by atoms with Crippen molar-refractivity contribution in [2.75, 3.05) is 13.1 Å². The van der Waals surface area contributed by atoms with Gasteiger partial charge in [0.05, 0.1) is 11.1 Å². The highest BCUT2D eigenvalue weighted by atomic mass is 32.1. The van der Waals surface area contributed by atoms with Gasteiger partial charge >= 0.3 is 6.18 Å². The van der Waals surface area contributed by atoms with Crippen LogP contribution < -0.4 is 5.32 Å². The largest absolute Gasteiger partial charge is 0.416 e. The number of H-pyrrole nitrogens is 1. The van der Waals surface area contributed by atoms with Crippen molar-refractivity contribution < 1.29 is 18.0 Å². The van der Waals surface area contributed by atoms with Crippen molar-refractivity contribution in [2.24, 2.45) is 0 Å². The highest BCUT2D eigenvalue weighted by Crippen LogP contribution is 2.30. The monoisotopic (exact) mass is 395 g/mol. The van der Waals surface area contributed by atoms with Gasteiger partial charge in [-0.05, 0) is 36.6 Å². The molecule has 0 saturated carbocycles.